The zero-order valence-corrected chi connectivity index (χ0v) is 16.8. The molecule has 2 aromatic carbocycles. The number of hydrogen-bond acceptors (Lipinski definition) is 4. The van der Waals surface area contributed by atoms with E-state index in [0.717, 1.165) is 33.0 Å². The Bertz CT molecular complexity index is 1140. The van der Waals surface area contributed by atoms with Crippen LogP contribution in [0, 0.1) is 13.8 Å². The monoisotopic (exact) mass is 391 g/mol. The molecule has 1 amide bonds. The number of rotatable bonds is 5. The van der Waals surface area contributed by atoms with Gasteiger partial charge in [0.15, 0.2) is 0 Å². The number of thiophene rings is 1. The number of ether oxygens (including phenoxy) is 1. The molecule has 1 N–H and O–H groups in total. The summed E-state index contributed by atoms with van der Waals surface area (Å²) in [6.07, 6.45) is 0. The van der Waals surface area contributed by atoms with E-state index in [4.69, 9.17) is 4.74 Å². The molecule has 4 aromatic rings. The van der Waals surface area contributed by atoms with Gasteiger partial charge in [0.1, 0.15) is 10.6 Å². The summed E-state index contributed by atoms with van der Waals surface area (Å²) in [5, 5.41) is 8.61. The van der Waals surface area contributed by atoms with E-state index in [1.54, 1.807) is 0 Å². The van der Waals surface area contributed by atoms with Gasteiger partial charge in [-0.2, -0.15) is 5.10 Å². The highest BCUT2D eigenvalue weighted by Gasteiger charge is 2.17. The SMILES string of the molecule is CCOc1ccc(NC(=O)c2cc3c(C)nn(-c4cccc(C)c4)c3s2)cc1. The van der Waals surface area contributed by atoms with Gasteiger partial charge in [-0.15, -0.1) is 11.3 Å². The molecule has 0 aliphatic heterocycles. The molecular weight excluding hydrogens is 370 g/mol. The molecule has 2 heterocycles. The number of carbonyl (C=O) groups is 1. The van der Waals surface area contributed by atoms with Crippen LogP contribution in [0.15, 0.2) is 54.6 Å². The molecule has 0 radical (unpaired) electrons. The van der Waals surface area contributed by atoms with E-state index in [9.17, 15) is 4.79 Å². The topological polar surface area (TPSA) is 56.1 Å². The maximum atomic E-state index is 12.7. The number of nitrogens with zero attached hydrogens (tertiary/aromatic N) is 2. The lowest BCUT2D eigenvalue weighted by Crippen LogP contribution is -2.10. The molecule has 4 rings (SSSR count). The molecule has 5 nitrogen and oxygen atoms in total. The average molecular weight is 391 g/mol. The number of nitrogens with one attached hydrogen (secondary N) is 1. The van der Waals surface area contributed by atoms with E-state index in [1.807, 2.05) is 61.0 Å². The molecule has 2 aromatic heterocycles. The van der Waals surface area contributed by atoms with Gasteiger partial charge in [-0.05, 0) is 68.8 Å². The molecule has 28 heavy (non-hydrogen) atoms. The third-order valence-electron chi connectivity index (χ3n) is 4.44. The summed E-state index contributed by atoms with van der Waals surface area (Å²) in [7, 11) is 0. The first-order valence-corrected chi connectivity index (χ1v) is 9.97. The first kappa shape index (κ1) is 18.3. The quantitative estimate of drug-likeness (QED) is 0.499. The highest BCUT2D eigenvalue weighted by Crippen LogP contribution is 2.31. The van der Waals surface area contributed by atoms with Crippen molar-refractivity contribution in [2.75, 3.05) is 11.9 Å². The second kappa shape index (κ2) is 7.48. The molecule has 0 aliphatic rings. The fourth-order valence-electron chi connectivity index (χ4n) is 3.09. The molecular formula is C22H21N3O2S. The zero-order chi connectivity index (χ0) is 19.7. The number of carbonyl (C=O) groups excluding carboxylic acids is 1. The maximum absolute atomic E-state index is 12.7. The highest BCUT2D eigenvalue weighted by molar-refractivity contribution is 7.20. The van der Waals surface area contributed by atoms with Crippen LogP contribution in [0.2, 0.25) is 0 Å². The van der Waals surface area contributed by atoms with E-state index in [2.05, 4.69) is 29.5 Å². The van der Waals surface area contributed by atoms with Crippen LogP contribution in [0.5, 0.6) is 5.75 Å². The first-order chi connectivity index (χ1) is 13.5. The molecule has 6 heteroatoms. The minimum atomic E-state index is -0.124. The van der Waals surface area contributed by atoms with Crippen molar-refractivity contribution >= 4 is 33.1 Å². The normalized spacial score (nSPS) is 11.0. The third-order valence-corrected chi connectivity index (χ3v) is 5.55. The number of amides is 1. The van der Waals surface area contributed by atoms with Gasteiger partial charge in [-0.3, -0.25) is 4.79 Å². The lowest BCUT2D eigenvalue weighted by Gasteiger charge is -2.06. The van der Waals surface area contributed by atoms with Crippen LogP contribution in [0.1, 0.15) is 27.9 Å². The number of benzene rings is 2. The zero-order valence-electron chi connectivity index (χ0n) is 16.0. The fourth-order valence-corrected chi connectivity index (χ4v) is 4.17. The Morgan fingerprint density at radius 1 is 1.14 bits per heavy atom. The predicted octanol–water partition coefficient (Wildman–Crippen LogP) is 5.35. The van der Waals surface area contributed by atoms with Crippen molar-refractivity contribution in [3.63, 3.8) is 0 Å². The van der Waals surface area contributed by atoms with Crippen molar-refractivity contribution in [2.24, 2.45) is 0 Å². The van der Waals surface area contributed by atoms with Crippen LogP contribution < -0.4 is 10.1 Å². The Labute approximate surface area is 167 Å². The Morgan fingerprint density at radius 3 is 2.64 bits per heavy atom. The van der Waals surface area contributed by atoms with Gasteiger partial charge in [0.25, 0.3) is 5.91 Å². The summed E-state index contributed by atoms with van der Waals surface area (Å²) >= 11 is 1.45. The van der Waals surface area contributed by atoms with Crippen LogP contribution in [-0.4, -0.2) is 22.3 Å². The van der Waals surface area contributed by atoms with Crippen molar-refractivity contribution in [1.29, 1.82) is 0 Å². The molecule has 0 aliphatic carbocycles. The molecule has 0 saturated heterocycles. The molecule has 0 unspecified atom stereocenters. The smallest absolute Gasteiger partial charge is 0.265 e. The van der Waals surface area contributed by atoms with Gasteiger partial charge >= 0.3 is 0 Å². The molecule has 0 fully saturated rings. The second-order valence-corrected chi connectivity index (χ2v) is 7.61. The molecule has 0 spiro atoms. The predicted molar refractivity (Wildman–Crippen MR) is 114 cm³/mol. The number of aromatic nitrogens is 2. The Morgan fingerprint density at radius 2 is 1.93 bits per heavy atom. The highest BCUT2D eigenvalue weighted by atomic mass is 32.1. The summed E-state index contributed by atoms with van der Waals surface area (Å²) in [5.74, 6) is 0.664. The number of aryl methyl sites for hydroxylation is 2. The third kappa shape index (κ3) is 3.51. The van der Waals surface area contributed by atoms with Crippen LogP contribution in [0.4, 0.5) is 5.69 Å². The fraction of sp³-hybridized carbons (Fsp3) is 0.182. The van der Waals surface area contributed by atoms with Crippen LogP contribution in [0.3, 0.4) is 0 Å². The largest absolute Gasteiger partial charge is 0.494 e. The number of fused-ring (bicyclic) bond motifs is 1. The summed E-state index contributed by atoms with van der Waals surface area (Å²) in [6.45, 7) is 6.58. The van der Waals surface area contributed by atoms with Gasteiger partial charge in [0.2, 0.25) is 0 Å². The molecule has 0 atom stereocenters. The van der Waals surface area contributed by atoms with Crippen molar-refractivity contribution in [2.45, 2.75) is 20.8 Å². The minimum absolute atomic E-state index is 0.124. The van der Waals surface area contributed by atoms with E-state index in [0.29, 0.717) is 11.5 Å². The van der Waals surface area contributed by atoms with Crippen LogP contribution in [-0.2, 0) is 0 Å². The van der Waals surface area contributed by atoms with Gasteiger partial charge in [0, 0.05) is 11.1 Å². The van der Waals surface area contributed by atoms with E-state index < -0.39 is 0 Å². The molecule has 0 saturated carbocycles. The first-order valence-electron chi connectivity index (χ1n) is 9.15. The second-order valence-electron chi connectivity index (χ2n) is 6.58. The number of hydrogen-bond donors (Lipinski definition) is 1. The van der Waals surface area contributed by atoms with Crippen molar-refractivity contribution in [1.82, 2.24) is 9.78 Å². The lowest BCUT2D eigenvalue weighted by molar-refractivity contribution is 0.103. The Kier molecular flexibility index (Phi) is 4.88. The Balaban J connectivity index is 1.62. The summed E-state index contributed by atoms with van der Waals surface area (Å²) in [6, 6.07) is 17.5. The van der Waals surface area contributed by atoms with Crippen molar-refractivity contribution in [3.05, 3.63) is 70.7 Å². The van der Waals surface area contributed by atoms with E-state index in [1.165, 1.54) is 16.9 Å². The minimum Gasteiger partial charge on any atom is -0.494 e. The van der Waals surface area contributed by atoms with Crippen LogP contribution in [0.25, 0.3) is 15.9 Å². The van der Waals surface area contributed by atoms with Gasteiger partial charge in [-0.25, -0.2) is 4.68 Å². The average Bonchev–Trinajstić information content (AvgIpc) is 3.24. The summed E-state index contributed by atoms with van der Waals surface area (Å²) < 4.78 is 7.35. The number of anilines is 1. The van der Waals surface area contributed by atoms with E-state index >= 15 is 0 Å². The lowest BCUT2D eigenvalue weighted by atomic mass is 10.2. The van der Waals surface area contributed by atoms with Gasteiger partial charge < -0.3 is 10.1 Å². The standard InChI is InChI=1S/C22H21N3O2S/c1-4-27-18-10-8-16(9-11-18)23-21(26)20-13-19-15(3)24-25(22(19)28-20)17-7-5-6-14(2)12-17/h5-13H,4H2,1-3H3,(H,23,26). The molecule has 0 bridgehead atoms. The summed E-state index contributed by atoms with van der Waals surface area (Å²) in [4.78, 5) is 14.4. The Hall–Kier alpha value is -3.12. The maximum Gasteiger partial charge on any atom is 0.265 e. The molecule has 142 valence electrons. The van der Waals surface area contributed by atoms with Crippen LogP contribution >= 0.6 is 11.3 Å². The van der Waals surface area contributed by atoms with Crippen molar-refractivity contribution in [3.8, 4) is 11.4 Å². The summed E-state index contributed by atoms with van der Waals surface area (Å²) in [5.41, 5.74) is 3.82. The van der Waals surface area contributed by atoms with E-state index in [-0.39, 0.29) is 5.91 Å². The van der Waals surface area contributed by atoms with Gasteiger partial charge in [-0.1, -0.05) is 12.1 Å². The van der Waals surface area contributed by atoms with Gasteiger partial charge in [0.05, 0.1) is 22.9 Å². The van der Waals surface area contributed by atoms with Crippen molar-refractivity contribution < 1.29 is 9.53 Å².